The average molecular weight is 642 g/mol. The van der Waals surface area contributed by atoms with Gasteiger partial charge in [0.25, 0.3) is 5.91 Å². The lowest BCUT2D eigenvalue weighted by molar-refractivity contribution is -0.143. The number of aromatic carboxylic acids is 1. The van der Waals surface area contributed by atoms with Gasteiger partial charge in [0.15, 0.2) is 11.5 Å². The molecule has 1 heterocycles. The number of hydrogen-bond acceptors (Lipinski definition) is 6. The van der Waals surface area contributed by atoms with Crippen LogP contribution in [0.25, 0.3) is 17.2 Å². The molecule has 0 bridgehead atoms. The summed E-state index contributed by atoms with van der Waals surface area (Å²) in [5, 5.41) is 9.11. The van der Waals surface area contributed by atoms with Gasteiger partial charge in [0.1, 0.15) is 4.32 Å². The van der Waals surface area contributed by atoms with E-state index >= 15 is 0 Å². The number of alkyl halides is 6. The van der Waals surface area contributed by atoms with Crippen molar-refractivity contribution in [3.05, 3.63) is 87.8 Å². The van der Waals surface area contributed by atoms with Crippen molar-refractivity contribution in [1.29, 1.82) is 0 Å². The van der Waals surface area contributed by atoms with Crippen LogP contribution in [0.4, 0.5) is 26.3 Å². The van der Waals surface area contributed by atoms with Gasteiger partial charge < -0.3 is 14.6 Å². The molecule has 0 radical (unpaired) electrons. The predicted molar refractivity (Wildman–Crippen MR) is 152 cm³/mol. The van der Waals surface area contributed by atoms with E-state index in [0.717, 1.165) is 11.8 Å². The molecule has 0 aliphatic carbocycles. The number of carboxylic acid groups (broad SMARTS) is 1. The minimum Gasteiger partial charge on any atom is -0.493 e. The van der Waals surface area contributed by atoms with Crippen LogP contribution in [0.15, 0.2) is 65.6 Å². The molecule has 43 heavy (non-hydrogen) atoms. The number of benzene rings is 3. The third kappa shape index (κ3) is 7.68. The van der Waals surface area contributed by atoms with Crippen LogP contribution in [-0.4, -0.2) is 46.5 Å². The molecule has 3 aromatic carbocycles. The fraction of sp³-hybridized carbons (Fsp3) is 0.207. The molecule has 1 saturated heterocycles. The summed E-state index contributed by atoms with van der Waals surface area (Å²) >= 11 is 6.34. The molecule has 0 atom stereocenters. The Kier molecular flexibility index (Phi) is 9.40. The minimum atomic E-state index is -4.98. The molecule has 0 saturated carbocycles. The number of rotatable bonds is 9. The highest BCUT2D eigenvalue weighted by Gasteiger charge is 2.37. The Hall–Kier alpha value is -4.04. The van der Waals surface area contributed by atoms with E-state index in [0.29, 0.717) is 29.9 Å². The van der Waals surface area contributed by atoms with Crippen molar-refractivity contribution in [2.75, 3.05) is 20.3 Å². The van der Waals surface area contributed by atoms with Gasteiger partial charge in [0, 0.05) is 6.54 Å². The molecule has 1 aliphatic rings. The molecule has 0 aromatic heterocycles. The van der Waals surface area contributed by atoms with Crippen LogP contribution in [0.3, 0.4) is 0 Å². The third-order valence-corrected chi connectivity index (χ3v) is 7.55. The average Bonchev–Trinajstić information content (AvgIpc) is 3.21. The van der Waals surface area contributed by atoms with E-state index in [9.17, 15) is 35.9 Å². The quantitative estimate of drug-likeness (QED) is 0.111. The number of hydrogen-bond donors (Lipinski definition) is 1. The summed E-state index contributed by atoms with van der Waals surface area (Å²) in [4.78, 5) is 25.8. The maximum Gasteiger partial charge on any atom is 0.416 e. The van der Waals surface area contributed by atoms with Gasteiger partial charge in [-0.15, -0.1) is 0 Å². The van der Waals surface area contributed by atoms with E-state index in [1.165, 1.54) is 54.5 Å². The third-order valence-electron chi connectivity index (χ3n) is 6.17. The number of carbonyl (C=O) groups excluding carboxylic acids is 1. The molecule has 0 spiro atoms. The fourth-order valence-electron chi connectivity index (χ4n) is 4.10. The number of nitrogens with zero attached hydrogens (tertiary/aromatic N) is 1. The van der Waals surface area contributed by atoms with Gasteiger partial charge in [-0.2, -0.15) is 26.3 Å². The molecular formula is C29H21F6NO5S2. The molecule has 1 amide bonds. The first-order valence-electron chi connectivity index (χ1n) is 12.4. The summed E-state index contributed by atoms with van der Waals surface area (Å²) in [6, 6.07) is 11.3. The number of methoxy groups -OCH3 is 1. The summed E-state index contributed by atoms with van der Waals surface area (Å²) in [5.74, 6) is -0.983. The van der Waals surface area contributed by atoms with Crippen molar-refractivity contribution in [3.63, 3.8) is 0 Å². The molecule has 4 rings (SSSR count). The zero-order valence-electron chi connectivity index (χ0n) is 22.1. The number of ether oxygens (including phenoxy) is 2. The zero-order valence-corrected chi connectivity index (χ0v) is 23.7. The highest BCUT2D eigenvalue weighted by Crippen LogP contribution is 2.39. The van der Waals surface area contributed by atoms with Crippen LogP contribution in [0.2, 0.25) is 0 Å². The maximum absolute atomic E-state index is 13.3. The first-order chi connectivity index (χ1) is 20.2. The predicted octanol–water partition coefficient (Wildman–Crippen LogP) is 7.77. The first kappa shape index (κ1) is 31.9. The normalized spacial score (nSPS) is 14.9. The maximum atomic E-state index is 13.3. The lowest BCUT2D eigenvalue weighted by Crippen LogP contribution is -2.29. The van der Waals surface area contributed by atoms with E-state index in [4.69, 9.17) is 26.8 Å². The summed E-state index contributed by atoms with van der Waals surface area (Å²) in [7, 11) is 1.37. The Labute approximate surface area is 250 Å². The van der Waals surface area contributed by atoms with Gasteiger partial charge in [0.05, 0.1) is 35.3 Å². The lowest BCUT2D eigenvalue weighted by atomic mass is 9.97. The number of thiocarbonyl (C=S) groups is 1. The monoisotopic (exact) mass is 641 g/mol. The summed E-state index contributed by atoms with van der Waals surface area (Å²) in [6.07, 6.45) is -8.14. The first-order valence-corrected chi connectivity index (χ1v) is 13.6. The van der Waals surface area contributed by atoms with E-state index < -0.39 is 35.4 Å². The van der Waals surface area contributed by atoms with Gasteiger partial charge in [-0.05, 0) is 71.7 Å². The molecule has 0 unspecified atom stereocenters. The van der Waals surface area contributed by atoms with Crippen molar-refractivity contribution < 1.29 is 50.5 Å². The van der Waals surface area contributed by atoms with E-state index in [1.54, 1.807) is 6.07 Å². The Morgan fingerprint density at radius 2 is 1.63 bits per heavy atom. The van der Waals surface area contributed by atoms with Crippen LogP contribution in [-0.2, 0) is 17.1 Å². The second-order valence-electron chi connectivity index (χ2n) is 9.13. The zero-order chi connectivity index (χ0) is 31.5. The van der Waals surface area contributed by atoms with Crippen LogP contribution < -0.4 is 9.47 Å². The topological polar surface area (TPSA) is 76.1 Å². The SMILES string of the molecule is COc1cc(C(=O)O)ccc1OCCCN1C(=O)C(=Cc2cccc(-c3cc(C(F)(F)F)cc(C(F)(F)F)c3)c2)SC1=S. The summed E-state index contributed by atoms with van der Waals surface area (Å²) < 4.78 is 91.0. The van der Waals surface area contributed by atoms with Crippen LogP contribution in [0, 0.1) is 0 Å². The van der Waals surface area contributed by atoms with Crippen LogP contribution in [0.1, 0.15) is 33.5 Å². The van der Waals surface area contributed by atoms with Crippen molar-refractivity contribution >= 4 is 46.3 Å². The van der Waals surface area contributed by atoms with Gasteiger partial charge in [0.2, 0.25) is 0 Å². The Morgan fingerprint density at radius 3 is 2.23 bits per heavy atom. The number of halogens is 6. The Bertz CT molecular complexity index is 1570. The smallest absolute Gasteiger partial charge is 0.416 e. The van der Waals surface area contributed by atoms with Crippen molar-refractivity contribution in [2.45, 2.75) is 18.8 Å². The van der Waals surface area contributed by atoms with Crippen molar-refractivity contribution in [2.24, 2.45) is 0 Å². The lowest BCUT2D eigenvalue weighted by Gasteiger charge is -2.15. The molecule has 1 fully saturated rings. The van der Waals surface area contributed by atoms with Gasteiger partial charge in [-0.25, -0.2) is 4.79 Å². The highest BCUT2D eigenvalue weighted by atomic mass is 32.2. The summed E-state index contributed by atoms with van der Waals surface area (Å²) in [5.41, 5.74) is -2.63. The number of amides is 1. The molecule has 1 N–H and O–H groups in total. The largest absolute Gasteiger partial charge is 0.493 e. The fourth-order valence-corrected chi connectivity index (χ4v) is 5.41. The standard InChI is InChI=1S/C29H21F6NO5S2/c1-40-23-14-18(26(38)39)6-7-22(23)41-9-3-8-36-25(37)24(43-27(36)42)11-16-4-2-5-17(10-16)19-12-20(28(30,31)32)15-21(13-19)29(33,34)35/h2,4-7,10-15H,3,8-9H2,1H3,(H,38,39). The Balaban J connectivity index is 1.47. The Morgan fingerprint density at radius 1 is 0.953 bits per heavy atom. The number of carboxylic acids is 1. The van der Waals surface area contributed by atoms with Gasteiger partial charge in [-0.3, -0.25) is 9.69 Å². The summed E-state index contributed by atoms with van der Waals surface area (Å²) in [6.45, 7) is 0.347. The van der Waals surface area contributed by atoms with Crippen LogP contribution >= 0.6 is 24.0 Å². The van der Waals surface area contributed by atoms with E-state index in [2.05, 4.69) is 0 Å². The van der Waals surface area contributed by atoms with Gasteiger partial charge >= 0.3 is 18.3 Å². The molecule has 3 aromatic rings. The van der Waals surface area contributed by atoms with E-state index in [-0.39, 0.29) is 50.9 Å². The molecule has 6 nitrogen and oxygen atoms in total. The molecule has 226 valence electrons. The molecular weight excluding hydrogens is 620 g/mol. The van der Waals surface area contributed by atoms with Crippen molar-refractivity contribution in [3.8, 4) is 22.6 Å². The van der Waals surface area contributed by atoms with Crippen molar-refractivity contribution in [1.82, 2.24) is 4.90 Å². The highest BCUT2D eigenvalue weighted by molar-refractivity contribution is 8.26. The second kappa shape index (κ2) is 12.7. The van der Waals surface area contributed by atoms with Crippen LogP contribution in [0.5, 0.6) is 11.5 Å². The minimum absolute atomic E-state index is 0.0278. The molecule has 14 heteroatoms. The second-order valence-corrected chi connectivity index (χ2v) is 10.8. The van der Waals surface area contributed by atoms with Gasteiger partial charge in [-0.1, -0.05) is 42.2 Å². The van der Waals surface area contributed by atoms with E-state index in [1.807, 2.05) is 0 Å². The number of carbonyl (C=O) groups is 2. The molecule has 1 aliphatic heterocycles. The number of thioether (sulfide) groups is 1.